The lowest BCUT2D eigenvalue weighted by Gasteiger charge is -2.32. The third kappa shape index (κ3) is 7.43. The first-order valence-corrected chi connectivity index (χ1v) is 7.63. The average Bonchev–Trinajstić information content (AvgIpc) is 2.48. The summed E-state index contributed by atoms with van der Waals surface area (Å²) in [6, 6.07) is 0. The molecule has 0 atom stereocenters. The Hall–Kier alpha value is -1.14. The lowest BCUT2D eigenvalue weighted by molar-refractivity contribution is -0.140. The molecule has 0 aliphatic carbocycles. The molecule has 0 bridgehead atoms. The molecule has 6 heteroatoms. The van der Waals surface area contributed by atoms with E-state index in [0.717, 1.165) is 39.0 Å². The third-order valence-corrected chi connectivity index (χ3v) is 3.41. The van der Waals surface area contributed by atoms with Crippen LogP contribution in [0.2, 0.25) is 0 Å². The van der Waals surface area contributed by atoms with Gasteiger partial charge in [0, 0.05) is 19.0 Å². The highest BCUT2D eigenvalue weighted by Gasteiger charge is 2.26. The first kappa shape index (κ1) is 17.9. The molecule has 0 unspecified atom stereocenters. The molecule has 0 aromatic rings. The van der Waals surface area contributed by atoms with Gasteiger partial charge in [-0.3, -0.25) is 9.59 Å². The van der Waals surface area contributed by atoms with Crippen molar-refractivity contribution in [1.82, 2.24) is 10.2 Å². The summed E-state index contributed by atoms with van der Waals surface area (Å²) in [6.45, 7) is 10.9. The molecule has 2 fully saturated rings. The minimum Gasteiger partial charge on any atom is -0.462 e. The van der Waals surface area contributed by atoms with E-state index >= 15 is 0 Å². The second-order valence-electron chi connectivity index (χ2n) is 6.29. The topological polar surface area (TPSA) is 67.9 Å². The van der Waals surface area contributed by atoms with Crippen molar-refractivity contribution >= 4 is 12.4 Å². The van der Waals surface area contributed by atoms with E-state index in [0.29, 0.717) is 25.6 Å². The summed E-state index contributed by atoms with van der Waals surface area (Å²) in [7, 11) is 0. The predicted molar refractivity (Wildman–Crippen MR) is 79.9 cm³/mol. The van der Waals surface area contributed by atoms with Crippen molar-refractivity contribution in [3.63, 3.8) is 0 Å². The van der Waals surface area contributed by atoms with Gasteiger partial charge in [-0.2, -0.15) is 0 Å². The highest BCUT2D eigenvalue weighted by atomic mass is 16.5. The Kier molecular flexibility index (Phi) is 7.67. The molecule has 2 rings (SSSR count). The molecule has 122 valence electrons. The quantitative estimate of drug-likeness (QED) is 0.764. The van der Waals surface area contributed by atoms with Crippen LogP contribution in [0.5, 0.6) is 0 Å². The summed E-state index contributed by atoms with van der Waals surface area (Å²) in [4.78, 5) is 23.6. The molecule has 2 aliphatic heterocycles. The van der Waals surface area contributed by atoms with E-state index in [9.17, 15) is 9.59 Å². The minimum absolute atomic E-state index is 0.259. The number of morpholine rings is 1. The van der Waals surface area contributed by atoms with Gasteiger partial charge in [-0.05, 0) is 46.7 Å². The van der Waals surface area contributed by atoms with E-state index in [2.05, 4.69) is 10.1 Å². The summed E-state index contributed by atoms with van der Waals surface area (Å²) < 4.78 is 9.78. The Morgan fingerprint density at radius 1 is 1.24 bits per heavy atom. The number of nitrogens with one attached hydrogen (secondary N) is 1. The molecule has 2 saturated heterocycles. The largest absolute Gasteiger partial charge is 0.462 e. The van der Waals surface area contributed by atoms with Crippen LogP contribution in [0.3, 0.4) is 0 Å². The standard InChI is InChI=1S/C10H18N2O2.C5H10O2/c13-10(9-1-3-11-4-2-9)12-5-7-14-8-6-12;1-5(2,3)7-4-6/h9,11H,1-8H2;4H,1-3H3. The van der Waals surface area contributed by atoms with Crippen LogP contribution in [0.25, 0.3) is 0 Å². The van der Waals surface area contributed by atoms with Crippen LogP contribution < -0.4 is 5.32 Å². The molecule has 0 aromatic heterocycles. The number of amides is 1. The highest BCUT2D eigenvalue weighted by molar-refractivity contribution is 5.79. The van der Waals surface area contributed by atoms with E-state index in [1.54, 1.807) is 0 Å². The van der Waals surface area contributed by atoms with Crippen LogP contribution in [0.4, 0.5) is 0 Å². The van der Waals surface area contributed by atoms with Crippen molar-refractivity contribution in [3.8, 4) is 0 Å². The number of hydrogen-bond donors (Lipinski definition) is 1. The van der Waals surface area contributed by atoms with Crippen molar-refractivity contribution in [2.45, 2.75) is 39.2 Å². The van der Waals surface area contributed by atoms with Gasteiger partial charge >= 0.3 is 0 Å². The van der Waals surface area contributed by atoms with Crippen LogP contribution in [0.15, 0.2) is 0 Å². The Balaban J connectivity index is 0.000000270. The Morgan fingerprint density at radius 3 is 2.24 bits per heavy atom. The fourth-order valence-corrected chi connectivity index (χ4v) is 2.26. The second-order valence-corrected chi connectivity index (χ2v) is 6.29. The molecule has 6 nitrogen and oxygen atoms in total. The second kappa shape index (κ2) is 9.00. The first-order chi connectivity index (χ1) is 9.94. The van der Waals surface area contributed by atoms with Crippen molar-refractivity contribution in [2.75, 3.05) is 39.4 Å². The van der Waals surface area contributed by atoms with Gasteiger partial charge in [-0.25, -0.2) is 0 Å². The minimum atomic E-state index is -0.318. The number of nitrogens with zero attached hydrogens (tertiary/aromatic N) is 1. The molecule has 1 N–H and O–H groups in total. The fourth-order valence-electron chi connectivity index (χ4n) is 2.26. The molecule has 0 radical (unpaired) electrons. The Morgan fingerprint density at radius 2 is 1.81 bits per heavy atom. The zero-order valence-corrected chi connectivity index (χ0v) is 13.4. The molecule has 0 saturated carbocycles. The van der Waals surface area contributed by atoms with Gasteiger partial charge in [-0.1, -0.05) is 0 Å². The smallest absolute Gasteiger partial charge is 0.293 e. The van der Waals surface area contributed by atoms with Crippen molar-refractivity contribution in [1.29, 1.82) is 0 Å². The van der Waals surface area contributed by atoms with E-state index in [-0.39, 0.29) is 11.5 Å². The van der Waals surface area contributed by atoms with Gasteiger partial charge < -0.3 is 19.7 Å². The Bertz CT molecular complexity index is 296. The summed E-state index contributed by atoms with van der Waals surface area (Å²) >= 11 is 0. The van der Waals surface area contributed by atoms with Crippen LogP contribution in [-0.4, -0.2) is 62.3 Å². The molecule has 21 heavy (non-hydrogen) atoms. The van der Waals surface area contributed by atoms with E-state index in [4.69, 9.17) is 4.74 Å². The number of carbonyl (C=O) groups excluding carboxylic acids is 2. The zero-order chi connectivity index (χ0) is 15.7. The maximum atomic E-state index is 12.0. The molecule has 2 heterocycles. The van der Waals surface area contributed by atoms with Crippen molar-refractivity contribution in [2.24, 2.45) is 5.92 Å². The van der Waals surface area contributed by atoms with Gasteiger partial charge in [0.2, 0.25) is 5.91 Å². The van der Waals surface area contributed by atoms with Gasteiger partial charge in [0.25, 0.3) is 6.47 Å². The summed E-state index contributed by atoms with van der Waals surface area (Å²) in [5, 5.41) is 3.28. The number of ether oxygens (including phenoxy) is 2. The van der Waals surface area contributed by atoms with E-state index in [1.165, 1.54) is 0 Å². The average molecular weight is 300 g/mol. The van der Waals surface area contributed by atoms with Gasteiger partial charge in [0.15, 0.2) is 0 Å². The predicted octanol–water partition coefficient (Wildman–Crippen LogP) is 0.803. The number of rotatable bonds is 2. The molecule has 2 aliphatic rings. The molecule has 1 amide bonds. The van der Waals surface area contributed by atoms with Crippen LogP contribution in [0.1, 0.15) is 33.6 Å². The normalized spacial score (nSPS) is 20.2. The summed E-state index contributed by atoms with van der Waals surface area (Å²) in [6.07, 6.45) is 1.99. The van der Waals surface area contributed by atoms with Gasteiger partial charge in [-0.15, -0.1) is 0 Å². The monoisotopic (exact) mass is 300 g/mol. The highest BCUT2D eigenvalue weighted by Crippen LogP contribution is 2.15. The third-order valence-electron chi connectivity index (χ3n) is 3.41. The van der Waals surface area contributed by atoms with Crippen LogP contribution >= 0.6 is 0 Å². The molecule has 0 aromatic carbocycles. The molecular weight excluding hydrogens is 272 g/mol. The summed E-state index contributed by atoms with van der Waals surface area (Å²) in [5.41, 5.74) is -0.318. The van der Waals surface area contributed by atoms with Crippen LogP contribution in [0, 0.1) is 5.92 Å². The molecular formula is C15H28N2O4. The lowest BCUT2D eigenvalue weighted by Crippen LogP contribution is -2.46. The fraction of sp³-hybridized carbons (Fsp3) is 0.867. The van der Waals surface area contributed by atoms with E-state index < -0.39 is 0 Å². The van der Waals surface area contributed by atoms with Crippen molar-refractivity contribution in [3.05, 3.63) is 0 Å². The van der Waals surface area contributed by atoms with Crippen LogP contribution in [-0.2, 0) is 19.1 Å². The number of carbonyl (C=O) groups is 2. The van der Waals surface area contributed by atoms with Crippen molar-refractivity contribution < 1.29 is 19.1 Å². The molecule has 0 spiro atoms. The van der Waals surface area contributed by atoms with Gasteiger partial charge in [0.1, 0.15) is 5.60 Å². The number of piperidine rings is 1. The Labute approximate surface area is 127 Å². The maximum Gasteiger partial charge on any atom is 0.293 e. The zero-order valence-electron chi connectivity index (χ0n) is 13.4. The first-order valence-electron chi connectivity index (χ1n) is 7.63. The summed E-state index contributed by atoms with van der Waals surface area (Å²) in [5.74, 6) is 0.601. The SMILES string of the molecule is CC(C)(C)OC=O.O=C(C1CCNCC1)N1CCOCC1. The van der Waals surface area contributed by atoms with E-state index in [1.807, 2.05) is 25.7 Å². The number of hydrogen-bond acceptors (Lipinski definition) is 5. The van der Waals surface area contributed by atoms with Gasteiger partial charge in [0.05, 0.1) is 13.2 Å². The lowest BCUT2D eigenvalue weighted by atomic mass is 9.96. The maximum absolute atomic E-state index is 12.0.